The summed E-state index contributed by atoms with van der Waals surface area (Å²) in [6.45, 7) is 2.63. The number of aryl methyl sites for hydroxylation is 1. The van der Waals surface area contributed by atoms with Gasteiger partial charge in [0.15, 0.2) is 5.65 Å². The largest absolute Gasteiger partial charge is 0.453 e. The molecule has 0 unspecified atom stereocenters. The second-order valence-corrected chi connectivity index (χ2v) is 6.47. The molecule has 28 heavy (non-hydrogen) atoms. The highest BCUT2D eigenvalue weighted by Crippen LogP contribution is 2.29. The summed E-state index contributed by atoms with van der Waals surface area (Å²) in [5.41, 5.74) is 0.810. The quantitative estimate of drug-likeness (QED) is 0.700. The standard InChI is InChI=1S/C16H17F3N8O/c1-2-26-8-9(7-20-26)14-10(3-6-13(28)22-14)21-11-4-5-12-23-24-15(16(17,18)19)27(12)25-11/h4-5,7-8,10,14H,2-3,6H2,1H3,(H,21,25)(H,22,28)/t10-,14+/m1/s1. The van der Waals surface area contributed by atoms with Gasteiger partial charge in [-0.05, 0) is 25.5 Å². The van der Waals surface area contributed by atoms with E-state index in [1.165, 1.54) is 12.1 Å². The predicted molar refractivity (Wildman–Crippen MR) is 91.2 cm³/mol. The SMILES string of the molecule is CCn1cc([C@@H]2NC(=O)CC[C@H]2Nc2ccc3nnc(C(F)(F)F)n3n2)cn1. The Labute approximate surface area is 156 Å². The van der Waals surface area contributed by atoms with E-state index in [2.05, 4.69) is 31.0 Å². The van der Waals surface area contributed by atoms with Crippen molar-refractivity contribution in [3.63, 3.8) is 0 Å². The van der Waals surface area contributed by atoms with Gasteiger partial charge in [0.05, 0.1) is 18.3 Å². The molecule has 3 aromatic rings. The Morgan fingerprint density at radius 3 is 2.86 bits per heavy atom. The first kappa shape index (κ1) is 18.2. The molecule has 0 bridgehead atoms. The van der Waals surface area contributed by atoms with Crippen molar-refractivity contribution >= 4 is 17.4 Å². The van der Waals surface area contributed by atoms with Crippen molar-refractivity contribution in [2.75, 3.05) is 5.32 Å². The first-order valence-corrected chi connectivity index (χ1v) is 8.73. The zero-order valence-corrected chi connectivity index (χ0v) is 14.8. The number of hydrogen-bond acceptors (Lipinski definition) is 6. The second-order valence-electron chi connectivity index (χ2n) is 6.47. The van der Waals surface area contributed by atoms with Crippen molar-refractivity contribution in [3.8, 4) is 0 Å². The van der Waals surface area contributed by atoms with Crippen LogP contribution in [0.25, 0.3) is 5.65 Å². The number of aromatic nitrogens is 6. The third-order valence-corrected chi connectivity index (χ3v) is 4.59. The molecule has 1 fully saturated rings. The number of amides is 1. The highest BCUT2D eigenvalue weighted by atomic mass is 19.4. The monoisotopic (exact) mass is 394 g/mol. The first-order chi connectivity index (χ1) is 13.3. The number of halogens is 3. The maximum absolute atomic E-state index is 13.1. The van der Waals surface area contributed by atoms with Crippen LogP contribution in [0, 0.1) is 0 Å². The molecule has 0 radical (unpaired) electrons. The van der Waals surface area contributed by atoms with Crippen LogP contribution in [0.5, 0.6) is 0 Å². The normalized spacial score (nSPS) is 20.4. The first-order valence-electron chi connectivity index (χ1n) is 8.73. The molecule has 2 atom stereocenters. The average Bonchev–Trinajstić information content (AvgIpc) is 3.29. The Morgan fingerprint density at radius 1 is 1.32 bits per heavy atom. The lowest BCUT2D eigenvalue weighted by atomic mass is 9.94. The molecular weight excluding hydrogens is 377 g/mol. The van der Waals surface area contributed by atoms with Gasteiger partial charge in [0.1, 0.15) is 5.82 Å². The van der Waals surface area contributed by atoms with Crippen molar-refractivity contribution in [3.05, 3.63) is 35.9 Å². The highest BCUT2D eigenvalue weighted by Gasteiger charge is 2.38. The number of nitrogens with one attached hydrogen (secondary N) is 2. The number of alkyl halides is 3. The summed E-state index contributed by atoms with van der Waals surface area (Å²) in [5.74, 6) is -1.05. The van der Waals surface area contributed by atoms with E-state index in [1.54, 1.807) is 10.9 Å². The molecule has 0 saturated carbocycles. The van der Waals surface area contributed by atoms with Crippen LogP contribution in [0.1, 0.15) is 37.2 Å². The minimum absolute atomic E-state index is 0.00408. The zero-order chi connectivity index (χ0) is 19.9. The Hall–Kier alpha value is -3.18. The molecule has 1 amide bonds. The number of rotatable bonds is 4. The summed E-state index contributed by atoms with van der Waals surface area (Å²) < 4.78 is 41.6. The molecule has 9 nitrogen and oxygen atoms in total. The van der Waals surface area contributed by atoms with Crippen molar-refractivity contribution in [1.29, 1.82) is 0 Å². The van der Waals surface area contributed by atoms with Crippen LogP contribution in [-0.2, 0) is 17.5 Å². The molecule has 1 saturated heterocycles. The van der Waals surface area contributed by atoms with Crippen molar-refractivity contribution in [2.45, 2.75) is 44.6 Å². The summed E-state index contributed by atoms with van der Waals surface area (Å²) in [7, 11) is 0. The smallest absolute Gasteiger partial charge is 0.363 e. The van der Waals surface area contributed by atoms with E-state index >= 15 is 0 Å². The minimum Gasteiger partial charge on any atom is -0.363 e. The molecule has 0 aromatic carbocycles. The van der Waals surface area contributed by atoms with Crippen LogP contribution in [0.3, 0.4) is 0 Å². The van der Waals surface area contributed by atoms with E-state index in [0.717, 1.165) is 5.56 Å². The van der Waals surface area contributed by atoms with E-state index in [9.17, 15) is 18.0 Å². The van der Waals surface area contributed by atoms with E-state index in [1.807, 2.05) is 13.1 Å². The van der Waals surface area contributed by atoms with Crippen LogP contribution in [0.15, 0.2) is 24.5 Å². The average molecular weight is 394 g/mol. The molecule has 1 aliphatic heterocycles. The predicted octanol–water partition coefficient (Wildman–Crippen LogP) is 1.79. The van der Waals surface area contributed by atoms with Gasteiger partial charge in [-0.1, -0.05) is 0 Å². The third-order valence-electron chi connectivity index (χ3n) is 4.59. The third kappa shape index (κ3) is 3.37. The molecule has 2 N–H and O–H groups in total. The van der Waals surface area contributed by atoms with E-state index in [4.69, 9.17) is 0 Å². The van der Waals surface area contributed by atoms with Gasteiger partial charge in [0.25, 0.3) is 5.82 Å². The van der Waals surface area contributed by atoms with Gasteiger partial charge in [-0.3, -0.25) is 9.48 Å². The van der Waals surface area contributed by atoms with Gasteiger partial charge in [-0.25, -0.2) is 0 Å². The fraction of sp³-hybridized carbons (Fsp3) is 0.438. The van der Waals surface area contributed by atoms with Crippen molar-refractivity contribution in [2.24, 2.45) is 0 Å². The van der Waals surface area contributed by atoms with Gasteiger partial charge < -0.3 is 10.6 Å². The summed E-state index contributed by atoms with van der Waals surface area (Å²) in [4.78, 5) is 11.9. The highest BCUT2D eigenvalue weighted by molar-refractivity contribution is 5.77. The van der Waals surface area contributed by atoms with Crippen LogP contribution < -0.4 is 10.6 Å². The molecular formula is C16H17F3N8O. The van der Waals surface area contributed by atoms with Crippen LogP contribution >= 0.6 is 0 Å². The van der Waals surface area contributed by atoms with Crippen molar-refractivity contribution in [1.82, 2.24) is 34.9 Å². The summed E-state index contributed by atoms with van der Waals surface area (Å²) in [5, 5.41) is 20.9. The maximum atomic E-state index is 13.1. The fourth-order valence-electron chi connectivity index (χ4n) is 3.22. The number of anilines is 1. The zero-order valence-electron chi connectivity index (χ0n) is 14.8. The van der Waals surface area contributed by atoms with Crippen LogP contribution in [-0.4, -0.2) is 41.5 Å². The summed E-state index contributed by atoms with van der Waals surface area (Å²) >= 11 is 0. The number of hydrogen-bond donors (Lipinski definition) is 2. The number of carbonyl (C=O) groups is 1. The minimum atomic E-state index is -4.67. The maximum Gasteiger partial charge on any atom is 0.453 e. The Morgan fingerprint density at radius 2 is 2.14 bits per heavy atom. The Balaban J connectivity index is 1.63. The molecule has 148 valence electrons. The van der Waals surface area contributed by atoms with E-state index in [0.29, 0.717) is 23.9 Å². The van der Waals surface area contributed by atoms with Crippen LogP contribution in [0.2, 0.25) is 0 Å². The summed E-state index contributed by atoms with van der Waals surface area (Å²) in [6, 6.07) is 2.31. The van der Waals surface area contributed by atoms with Gasteiger partial charge in [0, 0.05) is 24.7 Å². The number of fused-ring (bicyclic) bond motifs is 1. The van der Waals surface area contributed by atoms with Gasteiger partial charge >= 0.3 is 6.18 Å². The fourth-order valence-corrected chi connectivity index (χ4v) is 3.22. The molecule has 0 aliphatic carbocycles. The molecule has 1 aliphatic rings. The van der Waals surface area contributed by atoms with Gasteiger partial charge in [0.2, 0.25) is 5.91 Å². The van der Waals surface area contributed by atoms with Gasteiger partial charge in [-0.2, -0.15) is 22.8 Å². The number of carbonyl (C=O) groups excluding carboxylic acids is 1. The number of piperidine rings is 1. The number of nitrogens with zero attached hydrogens (tertiary/aromatic N) is 6. The van der Waals surface area contributed by atoms with E-state index in [-0.39, 0.29) is 29.5 Å². The molecule has 12 heteroatoms. The van der Waals surface area contributed by atoms with Crippen LogP contribution in [0.4, 0.5) is 19.0 Å². The van der Waals surface area contributed by atoms with Gasteiger partial charge in [-0.15, -0.1) is 15.3 Å². The lowest BCUT2D eigenvalue weighted by Gasteiger charge is -2.32. The Bertz CT molecular complexity index is 1010. The molecule has 4 heterocycles. The van der Waals surface area contributed by atoms with E-state index < -0.39 is 12.0 Å². The lowest BCUT2D eigenvalue weighted by Crippen LogP contribution is -2.45. The Kier molecular flexibility index (Phi) is 4.40. The topological polar surface area (TPSA) is 102 Å². The second kappa shape index (κ2) is 6.77. The molecule has 0 spiro atoms. The molecule has 4 rings (SSSR count). The van der Waals surface area contributed by atoms with Crippen molar-refractivity contribution < 1.29 is 18.0 Å². The lowest BCUT2D eigenvalue weighted by molar-refractivity contribution is -0.146. The molecule has 3 aromatic heterocycles. The summed E-state index contributed by atoms with van der Waals surface area (Å²) in [6.07, 6.45) is -0.350.